The Hall–Kier alpha value is -3.58. The predicted molar refractivity (Wildman–Crippen MR) is 124 cm³/mol. The van der Waals surface area contributed by atoms with Crippen LogP contribution in [0.15, 0.2) is 71.3 Å². The predicted octanol–water partition coefficient (Wildman–Crippen LogP) is 5.16. The van der Waals surface area contributed by atoms with Crippen LogP contribution in [0.2, 0.25) is 5.02 Å². The number of furan rings is 1. The van der Waals surface area contributed by atoms with E-state index in [9.17, 15) is 9.18 Å². The molecule has 8 heteroatoms. The number of benzene rings is 2. The summed E-state index contributed by atoms with van der Waals surface area (Å²) in [5, 5.41) is 1.24. The number of hydrogen-bond donors (Lipinski definition) is 0. The van der Waals surface area contributed by atoms with Crippen LogP contribution < -0.4 is 9.64 Å². The summed E-state index contributed by atoms with van der Waals surface area (Å²) in [5.41, 5.74) is 1.00. The summed E-state index contributed by atoms with van der Waals surface area (Å²) in [4.78, 5) is 21.2. The van der Waals surface area contributed by atoms with Crippen molar-refractivity contribution in [3.63, 3.8) is 0 Å². The number of pyridine rings is 1. The van der Waals surface area contributed by atoms with Gasteiger partial charge in [0, 0.05) is 37.1 Å². The Labute approximate surface area is 195 Å². The number of carbonyl (C=O) groups is 1. The van der Waals surface area contributed by atoms with Gasteiger partial charge in [-0.2, -0.15) is 0 Å². The molecule has 2 aromatic carbocycles. The Bertz CT molecular complexity index is 1270. The van der Waals surface area contributed by atoms with Gasteiger partial charge >= 0.3 is 0 Å². The van der Waals surface area contributed by atoms with E-state index in [1.165, 1.54) is 12.3 Å². The summed E-state index contributed by atoms with van der Waals surface area (Å²) in [6, 6.07) is 17.5. The maximum atomic E-state index is 14.1. The zero-order valence-corrected chi connectivity index (χ0v) is 18.5. The van der Waals surface area contributed by atoms with Crippen LogP contribution >= 0.6 is 11.6 Å². The van der Waals surface area contributed by atoms with Crippen molar-refractivity contribution >= 4 is 34.2 Å². The quantitative estimate of drug-likeness (QED) is 0.407. The van der Waals surface area contributed by atoms with Crippen molar-refractivity contribution in [1.82, 2.24) is 9.88 Å². The van der Waals surface area contributed by atoms with E-state index in [1.807, 2.05) is 30.3 Å². The van der Waals surface area contributed by atoms with Gasteiger partial charge in [0.15, 0.2) is 5.76 Å². The van der Waals surface area contributed by atoms with Gasteiger partial charge in [-0.3, -0.25) is 4.79 Å². The summed E-state index contributed by atoms with van der Waals surface area (Å²) in [5.74, 6) is 1.20. The molecule has 1 saturated heterocycles. The number of rotatable bonds is 5. The second-order valence-corrected chi connectivity index (χ2v) is 8.15. The second-order valence-electron chi connectivity index (χ2n) is 7.74. The molecule has 0 bridgehead atoms. The van der Waals surface area contributed by atoms with Crippen LogP contribution in [0.4, 0.5) is 10.2 Å². The Morgan fingerprint density at radius 3 is 2.61 bits per heavy atom. The third-order valence-corrected chi connectivity index (χ3v) is 6.08. The van der Waals surface area contributed by atoms with Crippen molar-refractivity contribution in [1.29, 1.82) is 0 Å². The number of piperazine rings is 1. The number of aromatic nitrogens is 1. The first-order chi connectivity index (χ1) is 16.1. The minimum absolute atomic E-state index is 0.00406. The summed E-state index contributed by atoms with van der Waals surface area (Å²) < 4.78 is 25.3. The van der Waals surface area contributed by atoms with E-state index in [1.54, 1.807) is 29.2 Å². The second kappa shape index (κ2) is 9.11. The van der Waals surface area contributed by atoms with Crippen molar-refractivity contribution < 1.29 is 18.3 Å². The van der Waals surface area contributed by atoms with E-state index in [0.717, 1.165) is 11.2 Å². The van der Waals surface area contributed by atoms with Crippen molar-refractivity contribution in [2.24, 2.45) is 0 Å². The summed E-state index contributed by atoms with van der Waals surface area (Å²) >= 11 is 6.13. The number of carbonyl (C=O) groups excluding carboxylic acids is 1. The standard InChI is InChI=1S/C25H21ClFN3O3/c26-19-5-2-6-20(27)18(19)16-33-21-7-1-4-17-9-10-23(28-24(17)21)29-11-13-30(14-12-29)25(31)22-8-3-15-32-22/h1-10,15H,11-14,16H2. The first-order valence-electron chi connectivity index (χ1n) is 10.6. The zero-order chi connectivity index (χ0) is 22.8. The van der Waals surface area contributed by atoms with Crippen molar-refractivity contribution in [2.45, 2.75) is 6.61 Å². The molecule has 1 amide bonds. The lowest BCUT2D eigenvalue weighted by atomic mass is 10.2. The van der Waals surface area contributed by atoms with Crippen LogP contribution in [-0.2, 0) is 6.61 Å². The lowest BCUT2D eigenvalue weighted by molar-refractivity contribution is 0.0714. The number of fused-ring (bicyclic) bond motifs is 1. The summed E-state index contributed by atoms with van der Waals surface area (Å²) in [6.07, 6.45) is 1.50. The van der Waals surface area contributed by atoms with Crippen LogP contribution in [0.1, 0.15) is 16.1 Å². The lowest BCUT2D eigenvalue weighted by Crippen LogP contribution is -2.49. The van der Waals surface area contributed by atoms with Crippen molar-refractivity contribution in [2.75, 3.05) is 31.1 Å². The number of amides is 1. The number of nitrogens with zero attached hydrogens (tertiary/aromatic N) is 3. The van der Waals surface area contributed by atoms with E-state index >= 15 is 0 Å². The number of ether oxygens (including phenoxy) is 1. The third-order valence-electron chi connectivity index (χ3n) is 5.73. The summed E-state index contributed by atoms with van der Waals surface area (Å²) in [6.45, 7) is 2.45. The van der Waals surface area contributed by atoms with Crippen LogP contribution in [0.3, 0.4) is 0 Å². The molecular weight excluding hydrogens is 445 g/mol. The van der Waals surface area contributed by atoms with Gasteiger partial charge in [-0.25, -0.2) is 9.37 Å². The number of para-hydroxylation sites is 1. The van der Waals surface area contributed by atoms with Crippen LogP contribution in [0, 0.1) is 5.82 Å². The molecule has 1 fully saturated rings. The molecule has 1 aliphatic rings. The number of anilines is 1. The molecule has 0 N–H and O–H groups in total. The SMILES string of the molecule is O=C(c1ccco1)N1CCN(c2ccc3cccc(OCc4c(F)cccc4Cl)c3n2)CC1. The number of halogens is 2. The highest BCUT2D eigenvalue weighted by molar-refractivity contribution is 6.31. The van der Waals surface area contributed by atoms with Crippen molar-refractivity contribution in [3.8, 4) is 5.75 Å². The molecule has 0 spiro atoms. The molecule has 0 atom stereocenters. The van der Waals surface area contributed by atoms with Crippen LogP contribution in [0.5, 0.6) is 5.75 Å². The lowest BCUT2D eigenvalue weighted by Gasteiger charge is -2.35. The topological polar surface area (TPSA) is 58.8 Å². The molecule has 6 nitrogen and oxygen atoms in total. The van der Waals surface area contributed by atoms with Gasteiger partial charge in [-0.05, 0) is 42.5 Å². The Morgan fingerprint density at radius 1 is 1.03 bits per heavy atom. The molecule has 33 heavy (non-hydrogen) atoms. The molecule has 0 unspecified atom stereocenters. The zero-order valence-electron chi connectivity index (χ0n) is 17.7. The monoisotopic (exact) mass is 465 g/mol. The fourth-order valence-corrected chi connectivity index (χ4v) is 4.13. The fraction of sp³-hybridized carbons (Fsp3) is 0.200. The van der Waals surface area contributed by atoms with E-state index < -0.39 is 5.82 Å². The Kier molecular flexibility index (Phi) is 5.88. The van der Waals surface area contributed by atoms with Gasteiger partial charge in [0.1, 0.15) is 29.5 Å². The van der Waals surface area contributed by atoms with Gasteiger partial charge in [-0.15, -0.1) is 0 Å². The average molecular weight is 466 g/mol. The molecule has 0 aliphatic carbocycles. The van der Waals surface area contributed by atoms with E-state index in [0.29, 0.717) is 53.8 Å². The van der Waals surface area contributed by atoms with E-state index in [2.05, 4.69) is 4.90 Å². The minimum atomic E-state index is -0.404. The first-order valence-corrected chi connectivity index (χ1v) is 11.0. The van der Waals surface area contributed by atoms with Crippen molar-refractivity contribution in [3.05, 3.63) is 89.1 Å². The smallest absolute Gasteiger partial charge is 0.289 e. The number of hydrogen-bond acceptors (Lipinski definition) is 5. The van der Waals surface area contributed by atoms with Crippen LogP contribution in [-0.4, -0.2) is 42.0 Å². The maximum absolute atomic E-state index is 14.1. The van der Waals surface area contributed by atoms with Gasteiger partial charge in [0.2, 0.25) is 0 Å². The molecule has 0 radical (unpaired) electrons. The highest BCUT2D eigenvalue weighted by Crippen LogP contribution is 2.29. The Balaban J connectivity index is 1.33. The molecule has 1 aliphatic heterocycles. The largest absolute Gasteiger partial charge is 0.486 e. The van der Waals surface area contributed by atoms with Gasteiger partial charge < -0.3 is 19.0 Å². The molecule has 5 rings (SSSR count). The first kappa shape index (κ1) is 21.3. The van der Waals surface area contributed by atoms with E-state index in [-0.39, 0.29) is 12.5 Å². The molecule has 3 heterocycles. The molecule has 0 saturated carbocycles. The van der Waals surface area contributed by atoms with Crippen LogP contribution in [0.25, 0.3) is 10.9 Å². The molecule has 168 valence electrons. The minimum Gasteiger partial charge on any atom is -0.486 e. The van der Waals surface area contributed by atoms with E-state index in [4.69, 9.17) is 25.7 Å². The molecule has 4 aromatic rings. The Morgan fingerprint density at radius 2 is 1.85 bits per heavy atom. The molecular formula is C25H21ClFN3O3. The average Bonchev–Trinajstić information content (AvgIpc) is 3.38. The molecule has 2 aromatic heterocycles. The van der Waals surface area contributed by atoms with Gasteiger partial charge in [0.25, 0.3) is 5.91 Å². The van der Waals surface area contributed by atoms with Gasteiger partial charge in [0.05, 0.1) is 11.3 Å². The maximum Gasteiger partial charge on any atom is 0.289 e. The third kappa shape index (κ3) is 4.36. The fourth-order valence-electron chi connectivity index (χ4n) is 3.92. The van der Waals surface area contributed by atoms with Gasteiger partial charge in [-0.1, -0.05) is 29.8 Å². The summed E-state index contributed by atoms with van der Waals surface area (Å²) in [7, 11) is 0. The normalized spacial score (nSPS) is 14.0. The highest BCUT2D eigenvalue weighted by Gasteiger charge is 2.24. The highest BCUT2D eigenvalue weighted by atomic mass is 35.5.